The number of benzene rings is 1. The van der Waals surface area contributed by atoms with Crippen LogP contribution in [0.25, 0.3) is 0 Å². The summed E-state index contributed by atoms with van der Waals surface area (Å²) in [5, 5.41) is 16.5. The van der Waals surface area contributed by atoms with Crippen LogP contribution in [-0.2, 0) is 14.3 Å². The summed E-state index contributed by atoms with van der Waals surface area (Å²) in [6.07, 6.45) is 8.28. The lowest BCUT2D eigenvalue weighted by molar-refractivity contribution is -0.146. The van der Waals surface area contributed by atoms with Crippen molar-refractivity contribution >= 4 is 34.8 Å². The number of carbonyl (C=O) groups excluding carboxylic acids is 1. The summed E-state index contributed by atoms with van der Waals surface area (Å²) in [7, 11) is 0. The molecule has 216 valence electrons. The van der Waals surface area contributed by atoms with Gasteiger partial charge in [-0.25, -0.2) is 4.39 Å². The van der Waals surface area contributed by atoms with E-state index in [2.05, 4.69) is 17.0 Å². The molecule has 2 fully saturated rings. The SMILES string of the molecule is C=CC(/C=C(/OC(C)c1c(Cl)ccc(F)c1Cl)C(=N)CC)c1cnn(C2CCN(C(=O)C3CNCCO3)CC2)c1. The largest absolute Gasteiger partial charge is 0.484 e. The second kappa shape index (κ2) is 13.8. The van der Waals surface area contributed by atoms with Crippen LogP contribution in [0, 0.1) is 11.2 Å². The van der Waals surface area contributed by atoms with Crippen molar-refractivity contribution in [2.45, 2.75) is 57.3 Å². The van der Waals surface area contributed by atoms with Gasteiger partial charge in [0, 0.05) is 54.4 Å². The number of hydrogen-bond donors (Lipinski definition) is 2. The van der Waals surface area contributed by atoms with Gasteiger partial charge in [-0.05, 0) is 44.4 Å². The van der Waals surface area contributed by atoms with Crippen molar-refractivity contribution in [3.05, 3.63) is 76.0 Å². The average molecular weight is 593 g/mol. The number of morpholine rings is 1. The molecular formula is C29H36Cl2FN5O3. The highest BCUT2D eigenvalue weighted by atomic mass is 35.5. The van der Waals surface area contributed by atoms with E-state index in [1.165, 1.54) is 12.1 Å². The molecule has 8 nitrogen and oxygen atoms in total. The van der Waals surface area contributed by atoms with E-state index in [1.807, 2.05) is 28.8 Å². The maximum atomic E-state index is 14.1. The Bertz CT molecular complexity index is 1250. The van der Waals surface area contributed by atoms with Gasteiger partial charge in [0.05, 0.1) is 29.6 Å². The zero-order valence-electron chi connectivity index (χ0n) is 22.8. The summed E-state index contributed by atoms with van der Waals surface area (Å²) < 4.78 is 27.8. The van der Waals surface area contributed by atoms with Crippen molar-refractivity contribution < 1.29 is 18.7 Å². The third kappa shape index (κ3) is 6.94. The van der Waals surface area contributed by atoms with Crippen molar-refractivity contribution in [3.63, 3.8) is 0 Å². The quantitative estimate of drug-likeness (QED) is 0.157. The first-order valence-corrected chi connectivity index (χ1v) is 14.4. The molecule has 40 heavy (non-hydrogen) atoms. The van der Waals surface area contributed by atoms with Gasteiger partial charge in [0.25, 0.3) is 5.91 Å². The van der Waals surface area contributed by atoms with Gasteiger partial charge < -0.3 is 25.1 Å². The molecule has 3 heterocycles. The maximum Gasteiger partial charge on any atom is 0.253 e. The molecule has 11 heteroatoms. The van der Waals surface area contributed by atoms with Crippen LogP contribution in [-0.4, -0.2) is 65.2 Å². The molecule has 1 aromatic heterocycles. The highest BCUT2D eigenvalue weighted by Crippen LogP contribution is 2.36. The number of nitrogens with one attached hydrogen (secondary N) is 2. The molecule has 2 aromatic rings. The molecule has 0 aliphatic carbocycles. The first kappa shape index (κ1) is 30.2. The van der Waals surface area contributed by atoms with Crippen LogP contribution in [0.2, 0.25) is 10.0 Å². The number of halogens is 3. The summed E-state index contributed by atoms with van der Waals surface area (Å²) in [6, 6.07) is 2.82. The Hall–Kier alpha value is -2.72. The molecule has 3 unspecified atom stereocenters. The molecule has 1 aromatic carbocycles. The summed E-state index contributed by atoms with van der Waals surface area (Å²) in [6.45, 7) is 10.8. The number of likely N-dealkylation sites (tertiary alicyclic amines) is 1. The molecule has 0 saturated carbocycles. The van der Waals surface area contributed by atoms with Crippen molar-refractivity contribution in [2.24, 2.45) is 0 Å². The van der Waals surface area contributed by atoms with Gasteiger partial charge in [-0.2, -0.15) is 5.10 Å². The van der Waals surface area contributed by atoms with Crippen LogP contribution in [0.3, 0.4) is 0 Å². The normalized spacial score (nSPS) is 20.2. The minimum Gasteiger partial charge on any atom is -0.484 e. The smallest absolute Gasteiger partial charge is 0.253 e. The molecule has 2 aliphatic rings. The Kier molecular flexibility index (Phi) is 10.4. The maximum absolute atomic E-state index is 14.1. The Labute approximate surface area is 244 Å². The van der Waals surface area contributed by atoms with Gasteiger partial charge >= 0.3 is 0 Å². The zero-order chi connectivity index (χ0) is 28.8. The molecule has 3 atom stereocenters. The fourth-order valence-corrected chi connectivity index (χ4v) is 5.69. The van der Waals surface area contributed by atoms with Crippen molar-refractivity contribution in [3.8, 4) is 0 Å². The molecular weight excluding hydrogens is 556 g/mol. The summed E-state index contributed by atoms with van der Waals surface area (Å²) in [5.74, 6) is -0.475. The van der Waals surface area contributed by atoms with E-state index in [0.29, 0.717) is 49.0 Å². The molecule has 0 bridgehead atoms. The number of aromatic nitrogens is 2. The fourth-order valence-electron chi connectivity index (χ4n) is 5.02. The van der Waals surface area contributed by atoms with Crippen LogP contribution in [0.1, 0.15) is 62.3 Å². The lowest BCUT2D eigenvalue weighted by atomic mass is 10.00. The number of piperidine rings is 1. The first-order valence-electron chi connectivity index (χ1n) is 13.6. The second-order valence-electron chi connectivity index (χ2n) is 10.0. The summed E-state index contributed by atoms with van der Waals surface area (Å²) in [5.41, 5.74) is 1.51. The number of ether oxygens (including phenoxy) is 2. The number of carbonyl (C=O) groups is 1. The number of amides is 1. The zero-order valence-corrected chi connectivity index (χ0v) is 24.3. The van der Waals surface area contributed by atoms with Crippen molar-refractivity contribution in [2.75, 3.05) is 32.8 Å². The Morgan fingerprint density at radius 3 is 2.77 bits per heavy atom. The topological polar surface area (TPSA) is 92.5 Å². The summed E-state index contributed by atoms with van der Waals surface area (Å²) >= 11 is 12.5. The number of hydrogen-bond acceptors (Lipinski definition) is 6. The lowest BCUT2D eigenvalue weighted by Crippen LogP contribution is -2.51. The van der Waals surface area contributed by atoms with E-state index in [9.17, 15) is 9.18 Å². The van der Waals surface area contributed by atoms with E-state index >= 15 is 0 Å². The number of rotatable bonds is 10. The van der Waals surface area contributed by atoms with Gasteiger partial charge in [-0.1, -0.05) is 36.2 Å². The highest BCUT2D eigenvalue weighted by molar-refractivity contribution is 6.36. The second-order valence-corrected chi connectivity index (χ2v) is 10.8. The average Bonchev–Trinajstić information content (AvgIpc) is 3.47. The third-order valence-electron chi connectivity index (χ3n) is 7.39. The van der Waals surface area contributed by atoms with E-state index in [1.54, 1.807) is 19.2 Å². The number of allylic oxidation sites excluding steroid dienone is 3. The fraction of sp³-hybridized carbons (Fsp3) is 0.483. The molecule has 2 N–H and O–H groups in total. The van der Waals surface area contributed by atoms with Crippen molar-refractivity contribution in [1.29, 1.82) is 5.41 Å². The minimum absolute atomic E-state index is 0.0459. The van der Waals surface area contributed by atoms with Crippen LogP contribution < -0.4 is 5.32 Å². The predicted molar refractivity (Wildman–Crippen MR) is 155 cm³/mol. The molecule has 0 spiro atoms. The highest BCUT2D eigenvalue weighted by Gasteiger charge is 2.31. The third-order valence-corrected chi connectivity index (χ3v) is 8.10. The molecule has 0 radical (unpaired) electrons. The number of nitrogens with zero attached hydrogens (tertiary/aromatic N) is 3. The summed E-state index contributed by atoms with van der Waals surface area (Å²) in [4.78, 5) is 14.7. The molecule has 2 saturated heterocycles. The van der Waals surface area contributed by atoms with Crippen molar-refractivity contribution in [1.82, 2.24) is 20.0 Å². The van der Waals surface area contributed by atoms with Crippen LogP contribution >= 0.6 is 23.2 Å². The van der Waals surface area contributed by atoms with Crippen LogP contribution in [0.5, 0.6) is 0 Å². The van der Waals surface area contributed by atoms with Crippen LogP contribution in [0.4, 0.5) is 4.39 Å². The molecule has 1 amide bonds. The Morgan fingerprint density at radius 2 is 2.12 bits per heavy atom. The first-order chi connectivity index (χ1) is 19.2. The van der Waals surface area contributed by atoms with Gasteiger partial charge in [0.15, 0.2) is 0 Å². The van der Waals surface area contributed by atoms with Gasteiger partial charge in [-0.15, -0.1) is 6.58 Å². The lowest BCUT2D eigenvalue weighted by Gasteiger charge is -2.35. The standard InChI is InChI=1S/C29H36Cl2FN5O3/c1-4-19(14-25(24(33)5-2)40-18(3)27-22(30)6-7-23(32)28(27)31)20-15-35-37(17-20)21-8-11-36(12-9-21)29(38)26-16-34-10-13-39-26/h4,6-7,14-15,17-19,21,26,33-34H,1,5,8-13,16H2,2-3H3/b25-14+,33-24?. The van der Waals surface area contributed by atoms with E-state index in [-0.39, 0.29) is 28.6 Å². The Morgan fingerprint density at radius 1 is 1.38 bits per heavy atom. The van der Waals surface area contributed by atoms with Gasteiger partial charge in [-0.3, -0.25) is 9.48 Å². The van der Waals surface area contributed by atoms with Crippen LogP contribution in [0.15, 0.2) is 49.0 Å². The molecule has 4 rings (SSSR count). The molecule has 2 aliphatic heterocycles. The van der Waals surface area contributed by atoms with E-state index in [0.717, 1.165) is 24.9 Å². The predicted octanol–water partition coefficient (Wildman–Crippen LogP) is 5.84. The van der Waals surface area contributed by atoms with E-state index < -0.39 is 18.0 Å². The monoisotopic (exact) mass is 591 g/mol. The van der Waals surface area contributed by atoms with Gasteiger partial charge in [0.1, 0.15) is 23.8 Å². The van der Waals surface area contributed by atoms with Gasteiger partial charge in [0.2, 0.25) is 0 Å². The Balaban J connectivity index is 1.45. The van der Waals surface area contributed by atoms with E-state index in [4.69, 9.17) is 38.1 Å². The minimum atomic E-state index is -0.690.